The first-order chi connectivity index (χ1) is 12.2. The predicted octanol–water partition coefficient (Wildman–Crippen LogP) is 3.76. The second-order valence-electron chi connectivity index (χ2n) is 5.12. The van der Waals surface area contributed by atoms with E-state index in [1.165, 1.54) is 11.8 Å². The first kappa shape index (κ1) is 17.4. The molecule has 128 valence electrons. The van der Waals surface area contributed by atoms with E-state index in [9.17, 15) is 4.79 Å². The quantitative estimate of drug-likeness (QED) is 0.591. The summed E-state index contributed by atoms with van der Waals surface area (Å²) in [4.78, 5) is 18.2. The van der Waals surface area contributed by atoms with E-state index in [1.807, 2.05) is 43.3 Å². The first-order valence-corrected chi connectivity index (χ1v) is 8.85. The second-order valence-corrected chi connectivity index (χ2v) is 6.80. The molecular formula is C18H16N2O3S2. The molecule has 2 aliphatic rings. The molecule has 7 heteroatoms. The van der Waals surface area contributed by atoms with Gasteiger partial charge in [0.05, 0.1) is 11.4 Å². The van der Waals surface area contributed by atoms with Gasteiger partial charge in [-0.3, -0.25) is 14.7 Å². The molecular weight excluding hydrogens is 356 g/mol. The molecule has 0 N–H and O–H groups in total. The number of aromatic nitrogens is 1. The maximum absolute atomic E-state index is 12.1. The Morgan fingerprint density at radius 2 is 2.00 bits per heavy atom. The smallest absolute Gasteiger partial charge is 0.266 e. The van der Waals surface area contributed by atoms with Crippen LogP contribution in [0.5, 0.6) is 11.5 Å². The fourth-order valence-electron chi connectivity index (χ4n) is 2.26. The Morgan fingerprint density at radius 3 is 2.60 bits per heavy atom. The molecule has 0 bridgehead atoms. The average Bonchev–Trinajstić information content (AvgIpc) is 3.22. The molecule has 0 aliphatic carbocycles. The number of benzene rings is 1. The van der Waals surface area contributed by atoms with Crippen LogP contribution in [0.1, 0.15) is 12.5 Å². The van der Waals surface area contributed by atoms with Crippen LogP contribution < -0.4 is 9.47 Å². The minimum atomic E-state index is -0.0323. The topological polar surface area (TPSA) is 51.7 Å². The number of ether oxygens (including phenoxy) is 2. The number of hydrogen-bond acceptors (Lipinski definition) is 6. The monoisotopic (exact) mass is 372 g/mol. The molecule has 2 aliphatic heterocycles. The van der Waals surface area contributed by atoms with E-state index in [0.29, 0.717) is 21.5 Å². The number of allylic oxidation sites excluding steroid dienone is 1. The molecule has 0 spiro atoms. The van der Waals surface area contributed by atoms with Gasteiger partial charge in [-0.25, -0.2) is 0 Å². The van der Waals surface area contributed by atoms with Gasteiger partial charge >= 0.3 is 0 Å². The van der Waals surface area contributed by atoms with Crippen molar-refractivity contribution < 1.29 is 14.3 Å². The minimum Gasteiger partial charge on any atom is -0.454 e. The lowest BCUT2D eigenvalue weighted by atomic mass is 10.2. The van der Waals surface area contributed by atoms with Crippen LogP contribution >= 0.6 is 24.0 Å². The molecule has 1 fully saturated rings. The Balaban J connectivity index is 0.000000258. The van der Waals surface area contributed by atoms with Crippen molar-refractivity contribution in [3.8, 4) is 11.5 Å². The summed E-state index contributed by atoms with van der Waals surface area (Å²) < 4.78 is 11.2. The maximum Gasteiger partial charge on any atom is 0.266 e. The molecule has 1 saturated heterocycles. The van der Waals surface area contributed by atoms with E-state index in [-0.39, 0.29) is 12.7 Å². The third-order valence-corrected chi connectivity index (χ3v) is 4.98. The third kappa shape index (κ3) is 4.18. The Morgan fingerprint density at radius 1 is 1.24 bits per heavy atom. The van der Waals surface area contributed by atoms with Gasteiger partial charge in [-0.15, -0.1) is 0 Å². The van der Waals surface area contributed by atoms with Gasteiger partial charge in [0.2, 0.25) is 6.79 Å². The Kier molecular flexibility index (Phi) is 5.67. The van der Waals surface area contributed by atoms with E-state index in [4.69, 9.17) is 21.7 Å². The van der Waals surface area contributed by atoms with Crippen LogP contribution in [0.15, 0.2) is 59.8 Å². The second kappa shape index (κ2) is 8.13. The highest BCUT2D eigenvalue weighted by molar-refractivity contribution is 8.26. The number of amides is 1. The number of nitrogens with zero attached hydrogens (tertiary/aromatic N) is 2. The molecule has 5 nitrogen and oxygen atoms in total. The summed E-state index contributed by atoms with van der Waals surface area (Å²) in [6.45, 7) is 2.55. The van der Waals surface area contributed by atoms with E-state index in [0.717, 1.165) is 11.3 Å². The Hall–Kier alpha value is -2.38. The van der Waals surface area contributed by atoms with Crippen LogP contribution in [0.4, 0.5) is 0 Å². The van der Waals surface area contributed by atoms with Crippen molar-refractivity contribution in [2.24, 2.45) is 0 Å². The highest BCUT2D eigenvalue weighted by Crippen LogP contribution is 2.35. The molecule has 0 atom stereocenters. The van der Waals surface area contributed by atoms with Crippen molar-refractivity contribution in [2.45, 2.75) is 13.5 Å². The molecule has 0 saturated carbocycles. The van der Waals surface area contributed by atoms with Crippen LogP contribution in [0, 0.1) is 0 Å². The number of carbonyl (C=O) groups is 1. The molecule has 3 heterocycles. The molecule has 1 amide bonds. The first-order valence-electron chi connectivity index (χ1n) is 7.62. The van der Waals surface area contributed by atoms with Crippen molar-refractivity contribution in [3.63, 3.8) is 0 Å². The van der Waals surface area contributed by atoms with Crippen molar-refractivity contribution in [1.82, 2.24) is 9.88 Å². The molecule has 0 unspecified atom stereocenters. The number of carbonyl (C=O) groups excluding carboxylic acids is 1. The lowest BCUT2D eigenvalue weighted by molar-refractivity contribution is -0.122. The van der Waals surface area contributed by atoms with Crippen molar-refractivity contribution >= 4 is 34.2 Å². The van der Waals surface area contributed by atoms with Gasteiger partial charge in [-0.05, 0) is 36.8 Å². The van der Waals surface area contributed by atoms with Gasteiger partial charge in [-0.1, -0.05) is 42.2 Å². The Labute approximate surface area is 155 Å². The van der Waals surface area contributed by atoms with Crippen LogP contribution in [0.2, 0.25) is 0 Å². The van der Waals surface area contributed by atoms with Crippen molar-refractivity contribution in [3.05, 3.63) is 65.3 Å². The fourth-order valence-corrected chi connectivity index (χ4v) is 3.44. The molecule has 1 aromatic carbocycles. The van der Waals surface area contributed by atoms with Crippen LogP contribution in [-0.2, 0) is 11.3 Å². The highest BCUT2D eigenvalue weighted by atomic mass is 32.2. The number of thioether (sulfide) groups is 1. The standard InChI is InChI=1S/C13H11NO3S2.C5H5N/c1-2-11-12(15)14(13(18)19-11)6-8-3-4-9-10(5-8)17-7-16-9;1-2-4-6-5-3-1/h2-5H,6-7H2,1H3;1-5H/b11-2-;. The summed E-state index contributed by atoms with van der Waals surface area (Å²) in [7, 11) is 0. The van der Waals surface area contributed by atoms with Crippen molar-refractivity contribution in [1.29, 1.82) is 0 Å². The van der Waals surface area contributed by atoms with Gasteiger partial charge in [0, 0.05) is 12.4 Å². The van der Waals surface area contributed by atoms with Gasteiger partial charge in [0.15, 0.2) is 11.5 Å². The molecule has 2 aromatic rings. The van der Waals surface area contributed by atoms with Crippen LogP contribution in [0.25, 0.3) is 0 Å². The normalized spacial score (nSPS) is 16.8. The number of pyridine rings is 1. The fraction of sp³-hybridized carbons (Fsp3) is 0.167. The van der Waals surface area contributed by atoms with Crippen LogP contribution in [0.3, 0.4) is 0 Å². The number of hydrogen-bond donors (Lipinski definition) is 0. The van der Waals surface area contributed by atoms with Crippen molar-refractivity contribution in [2.75, 3.05) is 6.79 Å². The van der Waals surface area contributed by atoms with Gasteiger partial charge in [-0.2, -0.15) is 0 Å². The summed E-state index contributed by atoms with van der Waals surface area (Å²) >= 11 is 6.57. The lowest BCUT2D eigenvalue weighted by Gasteiger charge is -2.14. The van der Waals surface area contributed by atoms with Crippen LogP contribution in [-0.4, -0.2) is 26.9 Å². The van der Waals surface area contributed by atoms with E-state index in [2.05, 4.69) is 4.98 Å². The minimum absolute atomic E-state index is 0.0323. The summed E-state index contributed by atoms with van der Waals surface area (Å²) in [5.41, 5.74) is 0.970. The summed E-state index contributed by atoms with van der Waals surface area (Å²) in [5, 5.41) is 0. The zero-order valence-electron chi connectivity index (χ0n) is 13.5. The highest BCUT2D eigenvalue weighted by Gasteiger charge is 2.31. The van der Waals surface area contributed by atoms with Gasteiger partial charge in [0.1, 0.15) is 4.32 Å². The predicted molar refractivity (Wildman–Crippen MR) is 101 cm³/mol. The maximum atomic E-state index is 12.1. The van der Waals surface area contributed by atoms with Gasteiger partial charge in [0.25, 0.3) is 5.91 Å². The number of thiocarbonyl (C=S) groups is 1. The number of rotatable bonds is 2. The van der Waals surface area contributed by atoms with E-state index < -0.39 is 0 Å². The third-order valence-electron chi connectivity index (χ3n) is 3.48. The summed E-state index contributed by atoms with van der Waals surface area (Å²) in [5.74, 6) is 1.42. The molecule has 25 heavy (non-hydrogen) atoms. The molecule has 4 rings (SSSR count). The Bertz CT molecular complexity index is 783. The SMILES string of the molecule is C/C=C1\SC(=S)N(Cc2ccc3c(c2)OCO3)C1=O.c1ccncc1. The lowest BCUT2D eigenvalue weighted by Crippen LogP contribution is -2.27. The summed E-state index contributed by atoms with van der Waals surface area (Å²) in [6.07, 6.45) is 5.29. The number of fused-ring (bicyclic) bond motifs is 1. The van der Waals surface area contributed by atoms with Gasteiger partial charge < -0.3 is 9.47 Å². The largest absolute Gasteiger partial charge is 0.454 e. The zero-order valence-corrected chi connectivity index (χ0v) is 15.2. The zero-order chi connectivity index (χ0) is 17.6. The van der Waals surface area contributed by atoms with E-state index in [1.54, 1.807) is 23.4 Å². The average molecular weight is 372 g/mol. The molecule has 1 aromatic heterocycles. The summed E-state index contributed by atoms with van der Waals surface area (Å²) in [6, 6.07) is 11.4. The van der Waals surface area contributed by atoms with E-state index >= 15 is 0 Å². The molecule has 0 radical (unpaired) electrons.